The lowest BCUT2D eigenvalue weighted by atomic mass is 10.1. The molecule has 0 unspecified atom stereocenters. The topological polar surface area (TPSA) is 58.1 Å². The standard InChI is InChI=1S/C18H19FN4OS/c1-3-20-15(24)9-23(4-2)17-16-14(10-25-18(16)22-11-21-17)12-5-7-13(19)8-6-12/h5-8,10-11H,3-4,9H2,1-2H3,(H,20,24). The summed E-state index contributed by atoms with van der Waals surface area (Å²) in [7, 11) is 0. The van der Waals surface area contributed by atoms with E-state index in [2.05, 4.69) is 15.3 Å². The predicted octanol–water partition coefficient (Wildman–Crippen LogP) is 3.46. The minimum atomic E-state index is -0.272. The average Bonchev–Trinajstić information content (AvgIpc) is 3.05. The van der Waals surface area contributed by atoms with Crippen LogP contribution in [0.15, 0.2) is 36.0 Å². The van der Waals surface area contributed by atoms with Gasteiger partial charge in [-0.15, -0.1) is 11.3 Å². The van der Waals surface area contributed by atoms with Crippen molar-refractivity contribution in [3.63, 3.8) is 0 Å². The van der Waals surface area contributed by atoms with Crippen molar-refractivity contribution in [2.24, 2.45) is 0 Å². The van der Waals surface area contributed by atoms with Gasteiger partial charge in [0.2, 0.25) is 5.91 Å². The smallest absolute Gasteiger partial charge is 0.239 e. The fourth-order valence-electron chi connectivity index (χ4n) is 2.70. The van der Waals surface area contributed by atoms with Crippen molar-refractivity contribution in [3.8, 4) is 11.1 Å². The SMILES string of the molecule is CCNC(=O)CN(CC)c1ncnc2scc(-c3ccc(F)cc3)c12. The molecule has 1 aromatic carbocycles. The third-order valence-corrected chi connectivity index (χ3v) is 4.78. The summed E-state index contributed by atoms with van der Waals surface area (Å²) >= 11 is 1.51. The number of benzene rings is 1. The van der Waals surface area contributed by atoms with E-state index in [1.807, 2.05) is 24.1 Å². The van der Waals surface area contributed by atoms with Crippen molar-refractivity contribution >= 4 is 33.3 Å². The van der Waals surface area contributed by atoms with Crippen LogP contribution < -0.4 is 10.2 Å². The van der Waals surface area contributed by atoms with Crippen LogP contribution in [0.1, 0.15) is 13.8 Å². The van der Waals surface area contributed by atoms with Crippen LogP contribution in [0.25, 0.3) is 21.3 Å². The largest absolute Gasteiger partial charge is 0.355 e. The van der Waals surface area contributed by atoms with Crippen LogP contribution in [0.4, 0.5) is 10.2 Å². The summed E-state index contributed by atoms with van der Waals surface area (Å²) < 4.78 is 13.2. The molecule has 0 bridgehead atoms. The fraction of sp³-hybridized carbons (Fsp3) is 0.278. The molecule has 25 heavy (non-hydrogen) atoms. The number of anilines is 1. The van der Waals surface area contributed by atoms with E-state index in [0.29, 0.717) is 13.1 Å². The Bertz CT molecular complexity index is 878. The molecule has 0 aliphatic rings. The number of likely N-dealkylation sites (N-methyl/N-ethyl adjacent to an activating group) is 2. The highest BCUT2D eigenvalue weighted by Crippen LogP contribution is 2.37. The van der Waals surface area contributed by atoms with Crippen molar-refractivity contribution in [3.05, 3.63) is 41.8 Å². The molecule has 0 aliphatic heterocycles. The highest BCUT2D eigenvalue weighted by molar-refractivity contribution is 7.17. The third-order valence-electron chi connectivity index (χ3n) is 3.90. The van der Waals surface area contributed by atoms with E-state index in [1.165, 1.54) is 29.8 Å². The molecule has 0 spiro atoms. The molecule has 2 aromatic heterocycles. The number of amides is 1. The van der Waals surface area contributed by atoms with E-state index < -0.39 is 0 Å². The molecule has 1 amide bonds. The molecular weight excluding hydrogens is 339 g/mol. The van der Waals surface area contributed by atoms with Crippen LogP contribution in [-0.4, -0.2) is 35.5 Å². The summed E-state index contributed by atoms with van der Waals surface area (Å²) in [6, 6.07) is 6.37. The number of carbonyl (C=O) groups is 1. The summed E-state index contributed by atoms with van der Waals surface area (Å²) in [5, 5.41) is 5.70. The van der Waals surface area contributed by atoms with Crippen molar-refractivity contribution in [1.82, 2.24) is 15.3 Å². The molecule has 0 saturated carbocycles. The van der Waals surface area contributed by atoms with Gasteiger partial charge in [-0.25, -0.2) is 14.4 Å². The van der Waals surface area contributed by atoms with Gasteiger partial charge in [0.25, 0.3) is 0 Å². The zero-order chi connectivity index (χ0) is 17.8. The van der Waals surface area contributed by atoms with Crippen molar-refractivity contribution in [1.29, 1.82) is 0 Å². The van der Waals surface area contributed by atoms with Crippen LogP contribution in [0.2, 0.25) is 0 Å². The second-order valence-electron chi connectivity index (χ2n) is 5.50. The number of nitrogens with one attached hydrogen (secondary N) is 1. The van der Waals surface area contributed by atoms with Gasteiger partial charge >= 0.3 is 0 Å². The number of hydrogen-bond acceptors (Lipinski definition) is 5. The van der Waals surface area contributed by atoms with Crippen molar-refractivity contribution in [2.45, 2.75) is 13.8 Å². The molecule has 0 saturated heterocycles. The van der Waals surface area contributed by atoms with Crippen LogP contribution >= 0.6 is 11.3 Å². The Kier molecular flexibility index (Phi) is 5.23. The summed E-state index contributed by atoms with van der Waals surface area (Å²) in [5.74, 6) is 0.403. The van der Waals surface area contributed by atoms with Crippen molar-refractivity contribution in [2.75, 3.05) is 24.5 Å². The van der Waals surface area contributed by atoms with Gasteiger partial charge in [-0.05, 0) is 31.5 Å². The Hall–Kier alpha value is -2.54. The number of aromatic nitrogens is 2. The second kappa shape index (κ2) is 7.57. The Labute approximate surface area is 149 Å². The van der Waals surface area contributed by atoms with Gasteiger partial charge in [-0.1, -0.05) is 12.1 Å². The molecular formula is C18H19FN4OS. The number of halogens is 1. The molecule has 0 radical (unpaired) electrons. The normalized spacial score (nSPS) is 10.8. The summed E-state index contributed by atoms with van der Waals surface area (Å²) in [5.41, 5.74) is 1.85. The van der Waals surface area contributed by atoms with Gasteiger partial charge in [-0.3, -0.25) is 4.79 Å². The van der Waals surface area contributed by atoms with Crippen LogP contribution in [-0.2, 0) is 4.79 Å². The van der Waals surface area contributed by atoms with Crippen LogP contribution in [0, 0.1) is 5.82 Å². The summed E-state index contributed by atoms with van der Waals surface area (Å²) in [6.45, 7) is 5.34. The number of fused-ring (bicyclic) bond motifs is 1. The minimum absolute atomic E-state index is 0.0466. The second-order valence-corrected chi connectivity index (χ2v) is 6.36. The molecule has 2 heterocycles. The highest BCUT2D eigenvalue weighted by atomic mass is 32.1. The van der Waals surface area contributed by atoms with Crippen molar-refractivity contribution < 1.29 is 9.18 Å². The number of rotatable bonds is 6. The maximum Gasteiger partial charge on any atom is 0.239 e. The molecule has 3 aromatic rings. The van der Waals surface area contributed by atoms with Gasteiger partial charge in [0.15, 0.2) is 0 Å². The molecule has 130 valence electrons. The summed E-state index contributed by atoms with van der Waals surface area (Å²) in [4.78, 5) is 23.6. The Balaban J connectivity index is 2.07. The maximum absolute atomic E-state index is 13.2. The number of carbonyl (C=O) groups excluding carboxylic acids is 1. The molecule has 7 heteroatoms. The van der Waals surface area contributed by atoms with Gasteiger partial charge in [0.1, 0.15) is 22.8 Å². The van der Waals surface area contributed by atoms with E-state index in [0.717, 1.165) is 27.2 Å². The minimum Gasteiger partial charge on any atom is -0.355 e. The first-order valence-corrected chi connectivity index (χ1v) is 9.01. The average molecular weight is 358 g/mol. The first-order chi connectivity index (χ1) is 12.1. The van der Waals surface area contributed by atoms with Crippen LogP contribution in [0.3, 0.4) is 0 Å². The van der Waals surface area contributed by atoms with Crippen LogP contribution in [0.5, 0.6) is 0 Å². The van der Waals surface area contributed by atoms with E-state index in [9.17, 15) is 9.18 Å². The fourth-order valence-corrected chi connectivity index (χ4v) is 3.61. The van der Waals surface area contributed by atoms with Gasteiger partial charge in [0.05, 0.1) is 11.9 Å². The monoisotopic (exact) mass is 358 g/mol. The zero-order valence-corrected chi connectivity index (χ0v) is 14.9. The predicted molar refractivity (Wildman–Crippen MR) is 99.4 cm³/mol. The van der Waals surface area contributed by atoms with E-state index >= 15 is 0 Å². The summed E-state index contributed by atoms with van der Waals surface area (Å²) in [6.07, 6.45) is 1.52. The van der Waals surface area contributed by atoms with E-state index in [4.69, 9.17) is 0 Å². The molecule has 0 fully saturated rings. The van der Waals surface area contributed by atoms with Gasteiger partial charge in [-0.2, -0.15) is 0 Å². The number of nitrogens with zero attached hydrogens (tertiary/aromatic N) is 3. The maximum atomic E-state index is 13.2. The lowest BCUT2D eigenvalue weighted by molar-refractivity contribution is -0.119. The Morgan fingerprint density at radius 2 is 2.00 bits per heavy atom. The van der Waals surface area contributed by atoms with E-state index in [-0.39, 0.29) is 18.3 Å². The first kappa shape index (κ1) is 17.3. The number of thiophene rings is 1. The molecule has 5 nitrogen and oxygen atoms in total. The van der Waals surface area contributed by atoms with Gasteiger partial charge < -0.3 is 10.2 Å². The first-order valence-electron chi connectivity index (χ1n) is 8.13. The molecule has 0 aliphatic carbocycles. The highest BCUT2D eigenvalue weighted by Gasteiger charge is 2.18. The Morgan fingerprint density at radius 1 is 1.24 bits per heavy atom. The van der Waals surface area contributed by atoms with E-state index in [1.54, 1.807) is 12.1 Å². The molecule has 0 atom stereocenters. The molecule has 3 rings (SSSR count). The zero-order valence-electron chi connectivity index (χ0n) is 14.1. The lowest BCUT2D eigenvalue weighted by Crippen LogP contribution is -2.37. The van der Waals surface area contributed by atoms with Gasteiger partial charge in [0, 0.05) is 24.0 Å². The third kappa shape index (κ3) is 3.61. The Morgan fingerprint density at radius 3 is 2.68 bits per heavy atom. The lowest BCUT2D eigenvalue weighted by Gasteiger charge is -2.22. The quantitative estimate of drug-likeness (QED) is 0.733. The number of hydrogen-bond donors (Lipinski definition) is 1. The molecule has 1 N–H and O–H groups in total.